The number of amides is 1. The summed E-state index contributed by atoms with van der Waals surface area (Å²) < 4.78 is 9.15. The minimum atomic E-state index is -1.11. The summed E-state index contributed by atoms with van der Waals surface area (Å²) in [5.41, 5.74) is 1.88. The maximum Gasteiger partial charge on any atom is 0.262 e. The molecule has 0 aliphatic carbocycles. The Bertz CT molecular complexity index is 1560. The van der Waals surface area contributed by atoms with Gasteiger partial charge in [0.1, 0.15) is 6.33 Å². The first-order valence-corrected chi connectivity index (χ1v) is 14.0. The fraction of sp³-hybridized carbons (Fsp3) is 0.367. The number of ether oxygens (including phenoxy) is 1. The van der Waals surface area contributed by atoms with Crippen molar-refractivity contribution >= 4 is 28.5 Å². The Morgan fingerprint density at radius 1 is 1.12 bits per heavy atom. The average Bonchev–Trinajstić information content (AvgIpc) is 3.40. The van der Waals surface area contributed by atoms with Crippen LogP contribution in [0.3, 0.4) is 0 Å². The van der Waals surface area contributed by atoms with E-state index in [1.807, 2.05) is 22.9 Å². The molecular weight excluding hydrogens is 530 g/mol. The topological polar surface area (TPSA) is 102 Å². The number of hydrogen-bond donors (Lipinski definition) is 2. The van der Waals surface area contributed by atoms with E-state index in [1.54, 1.807) is 35.2 Å². The molecule has 2 aliphatic heterocycles. The first-order chi connectivity index (χ1) is 19.3. The summed E-state index contributed by atoms with van der Waals surface area (Å²) in [6.07, 6.45) is 4.30. The van der Waals surface area contributed by atoms with Gasteiger partial charge in [-0.1, -0.05) is 23.7 Å². The van der Waals surface area contributed by atoms with Crippen LogP contribution in [0.5, 0.6) is 0 Å². The number of benzene rings is 2. The third kappa shape index (κ3) is 5.30. The van der Waals surface area contributed by atoms with Crippen LogP contribution in [-0.4, -0.2) is 68.0 Å². The Balaban J connectivity index is 1.14. The molecule has 6 rings (SSSR count). The number of morpholine rings is 1. The van der Waals surface area contributed by atoms with Crippen LogP contribution in [0.2, 0.25) is 5.02 Å². The van der Waals surface area contributed by atoms with Gasteiger partial charge in [0.2, 0.25) is 0 Å². The second kappa shape index (κ2) is 10.8. The molecule has 40 heavy (non-hydrogen) atoms. The zero-order valence-electron chi connectivity index (χ0n) is 22.3. The van der Waals surface area contributed by atoms with Crippen molar-refractivity contribution in [3.8, 4) is 5.69 Å². The van der Waals surface area contributed by atoms with E-state index < -0.39 is 5.60 Å². The first-order valence-electron chi connectivity index (χ1n) is 13.6. The summed E-state index contributed by atoms with van der Waals surface area (Å²) >= 11 is 5.94. The van der Waals surface area contributed by atoms with Gasteiger partial charge in [-0.15, -0.1) is 0 Å². The Kier molecular flexibility index (Phi) is 7.22. The fourth-order valence-electron chi connectivity index (χ4n) is 5.52. The van der Waals surface area contributed by atoms with Crippen molar-refractivity contribution in [2.24, 2.45) is 0 Å². The number of fused-ring (bicyclic) bond motifs is 1. The molecule has 2 atom stereocenters. The number of halogens is 1. The van der Waals surface area contributed by atoms with Crippen LogP contribution >= 0.6 is 11.6 Å². The molecule has 2 fully saturated rings. The van der Waals surface area contributed by atoms with Crippen LogP contribution in [-0.2, 0) is 11.3 Å². The SMILES string of the molecule is C[C@@H]1CNC(c2ccc(-n3ccc4c(=O)n(CC5(O)CCN(C(=O)c6ccc(Cl)cc6)CC5)cnc43)cc2)CO1. The number of rotatable bonds is 5. The number of nitrogens with one attached hydrogen (secondary N) is 1. The molecule has 2 aliphatic rings. The second-order valence-electron chi connectivity index (χ2n) is 10.8. The molecule has 0 spiro atoms. The monoisotopic (exact) mass is 561 g/mol. The zero-order valence-corrected chi connectivity index (χ0v) is 23.1. The lowest BCUT2D eigenvalue weighted by Gasteiger charge is -2.38. The van der Waals surface area contributed by atoms with Crippen molar-refractivity contribution in [2.75, 3.05) is 26.2 Å². The van der Waals surface area contributed by atoms with Crippen molar-refractivity contribution in [2.45, 2.75) is 44.1 Å². The molecule has 0 bridgehead atoms. The molecule has 10 heteroatoms. The number of nitrogens with zero attached hydrogens (tertiary/aromatic N) is 4. The van der Waals surface area contributed by atoms with E-state index >= 15 is 0 Å². The molecule has 0 saturated carbocycles. The van der Waals surface area contributed by atoms with E-state index in [9.17, 15) is 14.7 Å². The van der Waals surface area contributed by atoms with E-state index in [2.05, 4.69) is 29.4 Å². The molecule has 208 valence electrons. The summed E-state index contributed by atoms with van der Waals surface area (Å²) in [6, 6.07) is 16.9. The normalized spacial score (nSPS) is 21.0. The minimum Gasteiger partial charge on any atom is -0.388 e. The molecule has 4 aromatic rings. The Morgan fingerprint density at radius 2 is 1.85 bits per heavy atom. The van der Waals surface area contributed by atoms with Crippen LogP contribution < -0.4 is 10.9 Å². The first kappa shape index (κ1) is 26.7. The van der Waals surface area contributed by atoms with Gasteiger partial charge in [0.25, 0.3) is 11.5 Å². The minimum absolute atomic E-state index is 0.0914. The number of piperidine rings is 1. The fourth-order valence-corrected chi connectivity index (χ4v) is 5.65. The quantitative estimate of drug-likeness (QED) is 0.386. The van der Waals surface area contributed by atoms with Gasteiger partial charge in [0, 0.05) is 42.1 Å². The standard InChI is InChI=1S/C30H32ClN5O4/c1-20-16-32-26(17-40-20)21-4-8-24(9-5-21)36-13-10-25-27(36)33-19-35(29(25)38)18-30(39)11-14-34(15-12-30)28(37)22-2-6-23(31)7-3-22/h2-10,13,19-20,26,32,39H,11-12,14-18H2,1H3/t20-,26?/m1/s1. The van der Waals surface area contributed by atoms with Crippen molar-refractivity contribution < 1.29 is 14.6 Å². The molecule has 4 heterocycles. The van der Waals surface area contributed by atoms with Gasteiger partial charge >= 0.3 is 0 Å². The highest BCUT2D eigenvalue weighted by Gasteiger charge is 2.35. The maximum absolute atomic E-state index is 13.4. The van der Waals surface area contributed by atoms with Crippen LogP contribution in [0.25, 0.3) is 16.7 Å². The molecule has 1 amide bonds. The Morgan fingerprint density at radius 3 is 2.52 bits per heavy atom. The lowest BCUT2D eigenvalue weighted by atomic mass is 9.91. The number of likely N-dealkylation sites (tertiary alicyclic amines) is 1. The number of carbonyl (C=O) groups is 1. The third-order valence-electron chi connectivity index (χ3n) is 7.98. The number of aliphatic hydroxyl groups is 1. The summed E-state index contributed by atoms with van der Waals surface area (Å²) in [7, 11) is 0. The Labute approximate surface area is 237 Å². The van der Waals surface area contributed by atoms with Crippen LogP contribution in [0.4, 0.5) is 0 Å². The molecule has 2 aromatic heterocycles. The molecule has 2 saturated heterocycles. The van der Waals surface area contributed by atoms with Gasteiger partial charge in [0.15, 0.2) is 5.65 Å². The summed E-state index contributed by atoms with van der Waals surface area (Å²) in [5.74, 6) is -0.0914. The molecule has 1 unspecified atom stereocenters. The molecule has 2 aromatic carbocycles. The van der Waals surface area contributed by atoms with Gasteiger partial charge in [-0.2, -0.15) is 0 Å². The highest BCUT2D eigenvalue weighted by atomic mass is 35.5. The molecule has 0 radical (unpaired) electrons. The number of hydrogen-bond acceptors (Lipinski definition) is 6. The van der Waals surface area contributed by atoms with Crippen LogP contribution in [0.15, 0.2) is 71.9 Å². The van der Waals surface area contributed by atoms with Gasteiger partial charge in [-0.3, -0.25) is 14.2 Å². The van der Waals surface area contributed by atoms with Gasteiger partial charge in [-0.25, -0.2) is 4.98 Å². The van der Waals surface area contributed by atoms with E-state index in [0.29, 0.717) is 54.2 Å². The smallest absolute Gasteiger partial charge is 0.262 e. The van der Waals surface area contributed by atoms with Crippen molar-refractivity contribution in [1.29, 1.82) is 0 Å². The zero-order chi connectivity index (χ0) is 27.9. The van der Waals surface area contributed by atoms with E-state index in [1.165, 1.54) is 10.9 Å². The van der Waals surface area contributed by atoms with E-state index in [0.717, 1.165) is 17.8 Å². The van der Waals surface area contributed by atoms with Gasteiger partial charge in [0.05, 0.1) is 36.3 Å². The molecular formula is C30H32ClN5O4. The van der Waals surface area contributed by atoms with Gasteiger partial charge in [-0.05, 0) is 67.8 Å². The maximum atomic E-state index is 13.4. The molecule has 2 N–H and O–H groups in total. The van der Waals surface area contributed by atoms with E-state index in [-0.39, 0.29) is 30.2 Å². The third-order valence-corrected chi connectivity index (χ3v) is 8.23. The second-order valence-corrected chi connectivity index (χ2v) is 11.3. The van der Waals surface area contributed by atoms with Crippen molar-refractivity contribution in [3.05, 3.63) is 93.6 Å². The van der Waals surface area contributed by atoms with Gasteiger partial charge < -0.3 is 24.6 Å². The highest BCUT2D eigenvalue weighted by Crippen LogP contribution is 2.26. The predicted molar refractivity (Wildman–Crippen MR) is 153 cm³/mol. The summed E-state index contributed by atoms with van der Waals surface area (Å²) in [5, 5.41) is 15.9. The lowest BCUT2D eigenvalue weighted by molar-refractivity contribution is -0.0299. The Hall–Kier alpha value is -3.50. The number of carbonyl (C=O) groups excluding carboxylic acids is 1. The lowest BCUT2D eigenvalue weighted by Crippen LogP contribution is -2.49. The summed E-state index contributed by atoms with van der Waals surface area (Å²) in [4.78, 5) is 32.5. The van der Waals surface area contributed by atoms with Crippen molar-refractivity contribution in [3.63, 3.8) is 0 Å². The van der Waals surface area contributed by atoms with E-state index in [4.69, 9.17) is 16.3 Å². The summed E-state index contributed by atoms with van der Waals surface area (Å²) in [6.45, 7) is 4.43. The number of aromatic nitrogens is 3. The average molecular weight is 562 g/mol. The molecule has 9 nitrogen and oxygen atoms in total. The highest BCUT2D eigenvalue weighted by molar-refractivity contribution is 6.30. The predicted octanol–water partition coefficient (Wildman–Crippen LogP) is 3.56. The van der Waals surface area contributed by atoms with Crippen molar-refractivity contribution in [1.82, 2.24) is 24.3 Å². The van der Waals surface area contributed by atoms with Crippen LogP contribution in [0, 0.1) is 0 Å². The largest absolute Gasteiger partial charge is 0.388 e. The van der Waals surface area contributed by atoms with Crippen LogP contribution in [0.1, 0.15) is 41.7 Å².